The molecule has 0 aliphatic rings. The van der Waals surface area contributed by atoms with Gasteiger partial charge in [0, 0.05) is 12.1 Å². The highest BCUT2D eigenvalue weighted by atomic mass is 28.4. The molecule has 0 atom stereocenters. The summed E-state index contributed by atoms with van der Waals surface area (Å²) in [5.41, 5.74) is 1.08. The fraction of sp³-hybridized carbons (Fsp3) is 0.211. The predicted octanol–water partition coefficient (Wildman–Crippen LogP) is 4.39. The summed E-state index contributed by atoms with van der Waals surface area (Å²) in [7, 11) is -0.256. The fourth-order valence-electron chi connectivity index (χ4n) is 2.59. The third-order valence-electron chi connectivity index (χ3n) is 3.66. The molecule has 5 nitrogen and oxygen atoms in total. The number of phenols is 1. The van der Waals surface area contributed by atoms with Crippen molar-refractivity contribution in [1.29, 1.82) is 0 Å². The number of phenolic OH excluding ortho intramolecular Hbond substituents is 1. The molecule has 2 aromatic carbocycles. The molecule has 0 unspecified atom stereocenters. The van der Waals surface area contributed by atoms with Gasteiger partial charge < -0.3 is 18.7 Å². The van der Waals surface area contributed by atoms with Gasteiger partial charge in [-0.2, -0.15) is 0 Å². The smallest absolute Gasteiger partial charge is 0.242 e. The third kappa shape index (κ3) is 3.53. The van der Waals surface area contributed by atoms with Crippen molar-refractivity contribution in [2.75, 3.05) is 7.11 Å². The van der Waals surface area contributed by atoms with Gasteiger partial charge in [0.15, 0.2) is 0 Å². The Bertz CT molecular complexity index is 968. The predicted molar refractivity (Wildman–Crippen MR) is 100 cm³/mol. The van der Waals surface area contributed by atoms with Gasteiger partial charge in [0.2, 0.25) is 13.7 Å². The average Bonchev–Trinajstić information content (AvgIpc) is 2.53. The molecule has 0 saturated carbocycles. The van der Waals surface area contributed by atoms with Gasteiger partial charge in [-0.25, -0.2) is 0 Å². The molecule has 0 bridgehead atoms. The maximum atomic E-state index is 12.8. The lowest BCUT2D eigenvalue weighted by atomic mass is 10.0. The van der Waals surface area contributed by atoms with E-state index in [-0.39, 0.29) is 16.6 Å². The molecule has 1 heterocycles. The Morgan fingerprint density at radius 2 is 1.72 bits per heavy atom. The van der Waals surface area contributed by atoms with Crippen LogP contribution in [0.3, 0.4) is 0 Å². The summed E-state index contributed by atoms with van der Waals surface area (Å²) in [6.07, 6.45) is 1.41. The first-order valence-corrected chi connectivity index (χ1v) is 11.3. The van der Waals surface area contributed by atoms with E-state index in [0.29, 0.717) is 28.2 Å². The Balaban J connectivity index is 2.12. The largest absolute Gasteiger partial charge is 0.544 e. The third-order valence-corrected chi connectivity index (χ3v) is 4.50. The van der Waals surface area contributed by atoms with E-state index in [9.17, 15) is 9.90 Å². The summed E-state index contributed by atoms with van der Waals surface area (Å²) in [4.78, 5) is 12.8. The standard InChI is InChI=1S/C19H20O5Si/c1-22-13-7-5-12(6-8-13)15-11-23-17-10-14(24-25(2,3)4)9-16(20)18(17)19(15)21/h5-11,20H,1-4H3. The maximum Gasteiger partial charge on any atom is 0.242 e. The van der Waals surface area contributed by atoms with Gasteiger partial charge in [-0.15, -0.1) is 0 Å². The van der Waals surface area contributed by atoms with Crippen LogP contribution in [-0.2, 0) is 0 Å². The van der Waals surface area contributed by atoms with Gasteiger partial charge in [0.1, 0.15) is 34.5 Å². The van der Waals surface area contributed by atoms with Crippen LogP contribution in [0.4, 0.5) is 0 Å². The van der Waals surface area contributed by atoms with Crippen LogP contribution in [0.15, 0.2) is 51.9 Å². The van der Waals surface area contributed by atoms with Crippen molar-refractivity contribution >= 4 is 19.3 Å². The average molecular weight is 356 g/mol. The molecule has 0 aliphatic carbocycles. The first-order valence-electron chi connectivity index (χ1n) is 7.90. The van der Waals surface area contributed by atoms with E-state index in [0.717, 1.165) is 0 Å². The second-order valence-electron chi connectivity index (χ2n) is 6.74. The molecular formula is C19H20O5Si. The zero-order chi connectivity index (χ0) is 18.2. The molecule has 0 aliphatic heterocycles. The van der Waals surface area contributed by atoms with Gasteiger partial charge >= 0.3 is 0 Å². The highest BCUT2D eigenvalue weighted by Gasteiger charge is 2.19. The van der Waals surface area contributed by atoms with Gasteiger partial charge in [0.05, 0.1) is 12.7 Å². The summed E-state index contributed by atoms with van der Waals surface area (Å²) in [5, 5.41) is 10.5. The van der Waals surface area contributed by atoms with E-state index in [2.05, 4.69) is 0 Å². The van der Waals surface area contributed by atoms with E-state index in [1.165, 1.54) is 12.3 Å². The molecule has 130 valence electrons. The van der Waals surface area contributed by atoms with Crippen LogP contribution in [0.1, 0.15) is 0 Å². The molecule has 0 fully saturated rings. The molecule has 0 radical (unpaired) electrons. The normalized spacial score (nSPS) is 11.5. The van der Waals surface area contributed by atoms with Crippen LogP contribution in [-0.4, -0.2) is 20.5 Å². The van der Waals surface area contributed by atoms with Crippen LogP contribution < -0.4 is 14.6 Å². The first kappa shape index (κ1) is 17.1. The lowest BCUT2D eigenvalue weighted by Gasteiger charge is -2.19. The lowest BCUT2D eigenvalue weighted by molar-refractivity contribution is 0.415. The van der Waals surface area contributed by atoms with Crippen molar-refractivity contribution in [2.24, 2.45) is 0 Å². The second-order valence-corrected chi connectivity index (χ2v) is 11.2. The lowest BCUT2D eigenvalue weighted by Crippen LogP contribution is -2.29. The Hall–Kier alpha value is -2.73. The van der Waals surface area contributed by atoms with Crippen molar-refractivity contribution in [3.8, 4) is 28.4 Å². The van der Waals surface area contributed by atoms with Crippen molar-refractivity contribution in [3.63, 3.8) is 0 Å². The number of fused-ring (bicyclic) bond motifs is 1. The Labute approximate surface area is 146 Å². The monoisotopic (exact) mass is 356 g/mol. The molecule has 0 saturated heterocycles. The molecular weight excluding hydrogens is 336 g/mol. The first-order chi connectivity index (χ1) is 11.8. The SMILES string of the molecule is COc1ccc(-c2coc3cc(O[Si](C)(C)C)cc(O)c3c2=O)cc1. The summed E-state index contributed by atoms with van der Waals surface area (Å²) in [6, 6.07) is 10.2. The molecule has 0 amide bonds. The highest BCUT2D eigenvalue weighted by molar-refractivity contribution is 6.70. The minimum atomic E-state index is -1.84. The zero-order valence-electron chi connectivity index (χ0n) is 14.6. The van der Waals surface area contributed by atoms with Crippen LogP contribution >= 0.6 is 0 Å². The van der Waals surface area contributed by atoms with Crippen LogP contribution in [0.2, 0.25) is 19.6 Å². The minimum Gasteiger partial charge on any atom is -0.544 e. The van der Waals surface area contributed by atoms with Crippen molar-refractivity contribution in [2.45, 2.75) is 19.6 Å². The molecule has 3 aromatic rings. The number of hydrogen-bond donors (Lipinski definition) is 1. The zero-order valence-corrected chi connectivity index (χ0v) is 15.6. The van der Waals surface area contributed by atoms with Crippen molar-refractivity contribution in [3.05, 3.63) is 52.9 Å². The summed E-state index contributed by atoms with van der Waals surface area (Å²) >= 11 is 0. The minimum absolute atomic E-state index is 0.144. The molecule has 6 heteroatoms. The molecule has 1 aromatic heterocycles. The number of ether oxygens (including phenoxy) is 1. The van der Waals surface area contributed by atoms with E-state index in [1.807, 2.05) is 19.6 Å². The molecule has 3 rings (SSSR count). The van der Waals surface area contributed by atoms with Crippen molar-refractivity contribution in [1.82, 2.24) is 0 Å². The van der Waals surface area contributed by atoms with E-state index < -0.39 is 8.32 Å². The number of methoxy groups -OCH3 is 1. The molecule has 25 heavy (non-hydrogen) atoms. The Morgan fingerprint density at radius 3 is 2.32 bits per heavy atom. The van der Waals surface area contributed by atoms with Gasteiger partial charge in [0.25, 0.3) is 0 Å². The summed E-state index contributed by atoms with van der Waals surface area (Å²) < 4.78 is 16.6. The maximum absolute atomic E-state index is 12.8. The van der Waals surface area contributed by atoms with Crippen LogP contribution in [0, 0.1) is 0 Å². The van der Waals surface area contributed by atoms with Gasteiger partial charge in [-0.05, 0) is 37.3 Å². The quantitative estimate of drug-likeness (QED) is 0.702. The molecule has 0 spiro atoms. The van der Waals surface area contributed by atoms with Gasteiger partial charge in [-0.1, -0.05) is 12.1 Å². The summed E-state index contributed by atoms with van der Waals surface area (Å²) in [6.45, 7) is 6.12. The number of rotatable bonds is 4. The summed E-state index contributed by atoms with van der Waals surface area (Å²) in [5.74, 6) is 1.06. The van der Waals surface area contributed by atoms with E-state index >= 15 is 0 Å². The fourth-order valence-corrected chi connectivity index (χ4v) is 3.42. The van der Waals surface area contributed by atoms with Gasteiger partial charge in [-0.3, -0.25) is 4.79 Å². The topological polar surface area (TPSA) is 68.9 Å². The highest BCUT2D eigenvalue weighted by Crippen LogP contribution is 2.31. The Morgan fingerprint density at radius 1 is 1.04 bits per heavy atom. The molecule has 1 N–H and O–H groups in total. The van der Waals surface area contributed by atoms with Crippen LogP contribution in [0.5, 0.6) is 17.2 Å². The van der Waals surface area contributed by atoms with E-state index in [1.54, 1.807) is 37.4 Å². The van der Waals surface area contributed by atoms with Crippen molar-refractivity contribution < 1.29 is 18.7 Å². The second kappa shape index (κ2) is 6.29. The van der Waals surface area contributed by atoms with E-state index in [4.69, 9.17) is 13.6 Å². The Kier molecular flexibility index (Phi) is 4.30. The number of aromatic hydroxyl groups is 1. The number of benzene rings is 2. The number of hydrogen-bond acceptors (Lipinski definition) is 5. The van der Waals surface area contributed by atoms with Crippen LogP contribution in [0.25, 0.3) is 22.1 Å².